The van der Waals surface area contributed by atoms with Crippen LogP contribution in [-0.2, 0) is 14.2 Å². The maximum absolute atomic E-state index is 10.1. The summed E-state index contributed by atoms with van der Waals surface area (Å²) in [7, 11) is 0. The lowest BCUT2D eigenvalue weighted by atomic mass is 10.3. The molecular formula is C20H24O7. The molecule has 0 spiro atoms. The number of fused-ring (bicyclic) bond motifs is 1. The lowest BCUT2D eigenvalue weighted by molar-refractivity contribution is 0.00708. The van der Waals surface area contributed by atoms with Crippen molar-refractivity contribution in [3.8, 4) is 17.2 Å². The summed E-state index contributed by atoms with van der Waals surface area (Å²) in [5, 5.41) is 10.1. The van der Waals surface area contributed by atoms with Gasteiger partial charge in [-0.2, -0.15) is 0 Å². The van der Waals surface area contributed by atoms with Crippen molar-refractivity contribution in [3.63, 3.8) is 0 Å². The van der Waals surface area contributed by atoms with Crippen LogP contribution in [0.1, 0.15) is 0 Å². The smallest absolute Gasteiger partial charge is 0.289 e. The van der Waals surface area contributed by atoms with Crippen LogP contribution in [0.5, 0.6) is 17.2 Å². The van der Waals surface area contributed by atoms with Crippen molar-refractivity contribution < 1.29 is 33.5 Å². The Morgan fingerprint density at radius 1 is 0.741 bits per heavy atom. The summed E-state index contributed by atoms with van der Waals surface area (Å²) >= 11 is 0. The lowest BCUT2D eigenvalue weighted by Crippen LogP contribution is -2.13. The Morgan fingerprint density at radius 2 is 1.30 bits per heavy atom. The number of ether oxygens (including phenoxy) is 6. The third-order valence-corrected chi connectivity index (χ3v) is 3.75. The molecule has 1 aliphatic heterocycles. The van der Waals surface area contributed by atoms with Gasteiger partial charge in [0.25, 0.3) is 5.95 Å². The second kappa shape index (κ2) is 10.6. The number of rotatable bonds is 2. The van der Waals surface area contributed by atoms with Crippen LogP contribution in [0.15, 0.2) is 54.0 Å². The van der Waals surface area contributed by atoms with Crippen molar-refractivity contribution >= 4 is 0 Å². The molecule has 1 aromatic carbocycles. The molecule has 3 rings (SSSR count). The highest BCUT2D eigenvalue weighted by molar-refractivity contribution is 5.47. The number of aliphatic hydroxyl groups excluding tert-OH is 1. The normalized spacial score (nSPS) is 18.6. The molecule has 7 nitrogen and oxygen atoms in total. The summed E-state index contributed by atoms with van der Waals surface area (Å²) in [6.45, 7) is 3.67. The summed E-state index contributed by atoms with van der Waals surface area (Å²) < 4.78 is 33.3. The second-order valence-corrected chi connectivity index (χ2v) is 5.72. The molecule has 146 valence electrons. The van der Waals surface area contributed by atoms with E-state index in [4.69, 9.17) is 28.4 Å². The predicted molar refractivity (Wildman–Crippen MR) is 98.5 cm³/mol. The molecule has 0 unspecified atom stereocenters. The maximum atomic E-state index is 10.1. The highest BCUT2D eigenvalue weighted by Gasteiger charge is 2.11. The van der Waals surface area contributed by atoms with Crippen LogP contribution >= 0.6 is 0 Å². The van der Waals surface area contributed by atoms with Crippen molar-refractivity contribution in [2.75, 3.05) is 52.9 Å². The maximum Gasteiger partial charge on any atom is 0.289 e. The van der Waals surface area contributed by atoms with E-state index in [1.807, 2.05) is 12.2 Å². The fraction of sp³-hybridized carbons (Fsp3) is 0.400. The first-order valence-corrected chi connectivity index (χ1v) is 8.91. The molecule has 0 atom stereocenters. The van der Waals surface area contributed by atoms with E-state index in [-0.39, 0.29) is 5.95 Å². The van der Waals surface area contributed by atoms with Gasteiger partial charge in [-0.3, -0.25) is 0 Å². The molecule has 1 aromatic rings. The van der Waals surface area contributed by atoms with Gasteiger partial charge in [0.2, 0.25) is 0 Å². The van der Waals surface area contributed by atoms with Crippen LogP contribution in [0.2, 0.25) is 0 Å². The molecule has 1 heterocycles. The molecular weight excluding hydrogens is 352 g/mol. The van der Waals surface area contributed by atoms with Gasteiger partial charge in [-0.15, -0.1) is 0 Å². The summed E-state index contributed by atoms with van der Waals surface area (Å²) in [6, 6.07) is 5.13. The molecule has 1 aliphatic carbocycles. The zero-order chi connectivity index (χ0) is 18.7. The van der Waals surface area contributed by atoms with Gasteiger partial charge in [-0.25, -0.2) is 0 Å². The molecule has 0 amide bonds. The van der Waals surface area contributed by atoms with Gasteiger partial charge in [0, 0.05) is 6.07 Å². The number of hydrogen-bond acceptors (Lipinski definition) is 7. The molecule has 0 radical (unpaired) electrons. The highest BCUT2D eigenvalue weighted by atomic mass is 16.6. The van der Waals surface area contributed by atoms with E-state index in [1.54, 1.807) is 30.4 Å². The first-order valence-electron chi connectivity index (χ1n) is 8.91. The van der Waals surface area contributed by atoms with E-state index in [0.29, 0.717) is 75.7 Å². The van der Waals surface area contributed by atoms with E-state index < -0.39 is 0 Å². The Kier molecular flexibility index (Phi) is 7.58. The Morgan fingerprint density at radius 3 is 1.93 bits per heavy atom. The molecule has 0 fully saturated rings. The van der Waals surface area contributed by atoms with Gasteiger partial charge in [-0.05, 0) is 24.3 Å². The van der Waals surface area contributed by atoms with Crippen LogP contribution in [0.3, 0.4) is 0 Å². The Hall–Kier alpha value is -2.48. The lowest BCUT2D eigenvalue weighted by Gasteiger charge is -2.14. The summed E-state index contributed by atoms with van der Waals surface area (Å²) in [6.07, 6.45) is 7.17. The van der Waals surface area contributed by atoms with Crippen molar-refractivity contribution in [2.45, 2.75) is 0 Å². The largest absolute Gasteiger partial charge is 0.487 e. The van der Waals surface area contributed by atoms with Gasteiger partial charge in [-0.1, -0.05) is 12.2 Å². The molecule has 2 aliphatic rings. The molecule has 0 aromatic heterocycles. The molecule has 0 saturated carbocycles. The number of hydrogen-bond donors (Lipinski definition) is 1. The van der Waals surface area contributed by atoms with Gasteiger partial charge in [0.05, 0.1) is 45.2 Å². The van der Waals surface area contributed by atoms with Gasteiger partial charge >= 0.3 is 0 Å². The summed E-state index contributed by atoms with van der Waals surface area (Å²) in [5.74, 6) is 1.36. The minimum atomic E-state index is -0.172. The highest BCUT2D eigenvalue weighted by Crippen LogP contribution is 2.32. The van der Waals surface area contributed by atoms with Gasteiger partial charge in [0.1, 0.15) is 19.0 Å². The standard InChI is InChI=1S/C20H24O7/c21-20(16-3-1-2-4-16)27-17-5-6-18-19(15-17)26-14-12-24-10-8-22-7-9-23-11-13-25-18/h1-6,15,21H,7-14H2. The number of aliphatic hydroxyl groups is 1. The Bertz CT molecular complexity index is 680. The van der Waals surface area contributed by atoms with Crippen LogP contribution in [-0.4, -0.2) is 58.0 Å². The summed E-state index contributed by atoms with van der Waals surface area (Å²) in [5.41, 5.74) is 0.607. The van der Waals surface area contributed by atoms with Crippen LogP contribution in [0.25, 0.3) is 0 Å². The SMILES string of the molecule is OC(Oc1ccc2c(c1)OCCOCCOCCOCCO2)=C1C=CC=C1. The fourth-order valence-corrected chi connectivity index (χ4v) is 2.43. The Labute approximate surface area is 158 Å². The third kappa shape index (κ3) is 6.32. The second-order valence-electron chi connectivity index (χ2n) is 5.72. The molecule has 0 saturated heterocycles. The van der Waals surface area contributed by atoms with Crippen LogP contribution < -0.4 is 14.2 Å². The first-order chi connectivity index (χ1) is 13.3. The van der Waals surface area contributed by atoms with E-state index >= 15 is 0 Å². The molecule has 0 bridgehead atoms. The number of allylic oxidation sites excluding steroid dienone is 5. The van der Waals surface area contributed by atoms with E-state index in [1.165, 1.54) is 0 Å². The van der Waals surface area contributed by atoms with Crippen molar-refractivity contribution in [1.29, 1.82) is 0 Å². The van der Waals surface area contributed by atoms with E-state index in [9.17, 15) is 5.11 Å². The minimum Gasteiger partial charge on any atom is -0.487 e. The monoisotopic (exact) mass is 376 g/mol. The average Bonchev–Trinajstić information content (AvgIpc) is 3.21. The zero-order valence-electron chi connectivity index (χ0n) is 15.1. The quantitative estimate of drug-likeness (QED) is 0.796. The topological polar surface area (TPSA) is 75.6 Å². The van der Waals surface area contributed by atoms with Crippen LogP contribution in [0.4, 0.5) is 0 Å². The van der Waals surface area contributed by atoms with Crippen molar-refractivity contribution in [3.05, 3.63) is 54.0 Å². The minimum absolute atomic E-state index is 0.172. The predicted octanol–water partition coefficient (Wildman–Crippen LogP) is 2.78. The van der Waals surface area contributed by atoms with Crippen LogP contribution in [0, 0.1) is 0 Å². The van der Waals surface area contributed by atoms with Gasteiger partial charge in [0.15, 0.2) is 11.5 Å². The van der Waals surface area contributed by atoms with E-state index in [2.05, 4.69) is 0 Å². The first kappa shape index (κ1) is 19.3. The number of benzene rings is 1. The molecule has 1 N–H and O–H groups in total. The average molecular weight is 376 g/mol. The zero-order valence-corrected chi connectivity index (χ0v) is 15.1. The van der Waals surface area contributed by atoms with Crippen molar-refractivity contribution in [2.24, 2.45) is 0 Å². The summed E-state index contributed by atoms with van der Waals surface area (Å²) in [4.78, 5) is 0. The van der Waals surface area contributed by atoms with E-state index in [0.717, 1.165) is 0 Å². The van der Waals surface area contributed by atoms with Crippen molar-refractivity contribution in [1.82, 2.24) is 0 Å². The fourth-order valence-electron chi connectivity index (χ4n) is 2.43. The molecule has 27 heavy (non-hydrogen) atoms. The Balaban J connectivity index is 1.67. The third-order valence-electron chi connectivity index (χ3n) is 3.75. The van der Waals surface area contributed by atoms with Gasteiger partial charge < -0.3 is 33.5 Å². The molecule has 7 heteroatoms.